The summed E-state index contributed by atoms with van der Waals surface area (Å²) in [7, 11) is 0. The molecule has 2 aliphatic heterocycles. The number of amides is 18. The van der Waals surface area contributed by atoms with Crippen molar-refractivity contribution in [1.29, 1.82) is 10.8 Å². The molecule has 3 heterocycles. The number of nitrogens with two attached hydrogens (primary N) is 4. The predicted octanol–water partition coefficient (Wildman–Crippen LogP) is -8.48. The number of benzene rings is 1. The number of carbonyl (C=O) groups is 21. The van der Waals surface area contributed by atoms with Gasteiger partial charge in [-0.3, -0.25) is 107 Å². The number of imidazole rings is 1. The number of carboxylic acid groups (broad SMARTS) is 3. The monoisotopic (exact) mass is 2140 g/mol. The molecule has 4 rings (SSSR count). The zero-order valence-electron chi connectivity index (χ0n) is 86.3. The van der Waals surface area contributed by atoms with Crippen LogP contribution in [0.1, 0.15) is 189 Å². The van der Waals surface area contributed by atoms with Crippen LogP contribution in [-0.2, 0) is 114 Å². The minimum absolute atomic E-state index is 0.00512. The van der Waals surface area contributed by atoms with E-state index in [4.69, 9.17) is 33.8 Å². The van der Waals surface area contributed by atoms with Crippen LogP contribution in [0.15, 0.2) is 42.9 Å². The van der Waals surface area contributed by atoms with E-state index in [1.165, 1.54) is 50.0 Å². The minimum Gasteiger partial charge on any atom is -0.481 e. The van der Waals surface area contributed by atoms with E-state index in [2.05, 4.69) is 106 Å². The first kappa shape index (κ1) is 128. The molecule has 838 valence electrons. The molecule has 18 amide bonds. The van der Waals surface area contributed by atoms with Crippen LogP contribution in [0, 0.1) is 34.5 Å². The number of aliphatic hydroxyl groups is 3. The molecule has 0 saturated carbocycles. The summed E-state index contributed by atoms with van der Waals surface area (Å²) in [5.41, 5.74) is 23.7. The van der Waals surface area contributed by atoms with Crippen LogP contribution in [0.25, 0.3) is 0 Å². The summed E-state index contributed by atoms with van der Waals surface area (Å²) in [6.07, 6.45) is 2.69. The van der Waals surface area contributed by atoms with Crippen molar-refractivity contribution in [3.63, 3.8) is 0 Å². The molecule has 2 aromatic rings. The van der Waals surface area contributed by atoms with E-state index in [9.17, 15) is 131 Å². The number of carboxylic acids is 3. The Morgan fingerprint density at radius 3 is 1.31 bits per heavy atom. The van der Waals surface area contributed by atoms with E-state index in [0.29, 0.717) is 36.3 Å². The number of guanidine groups is 2. The Hall–Kier alpha value is -14.0. The summed E-state index contributed by atoms with van der Waals surface area (Å²) in [5.74, 6) is -25.5. The van der Waals surface area contributed by atoms with Gasteiger partial charge in [-0.25, -0.2) is 9.78 Å². The molecule has 2 aliphatic rings. The highest BCUT2D eigenvalue weighted by Gasteiger charge is 2.45. The van der Waals surface area contributed by atoms with Gasteiger partial charge in [-0.2, -0.15) is 11.8 Å². The lowest BCUT2D eigenvalue weighted by Gasteiger charge is -2.32. The van der Waals surface area contributed by atoms with Gasteiger partial charge in [0.05, 0.1) is 38.7 Å². The molecule has 20 atom stereocenters. The van der Waals surface area contributed by atoms with Crippen LogP contribution in [0.2, 0.25) is 0 Å². The molecule has 0 bridgehead atoms. The summed E-state index contributed by atoms with van der Waals surface area (Å²) in [6.45, 7) is 9.75. The van der Waals surface area contributed by atoms with E-state index in [1.807, 2.05) is 0 Å². The molecule has 0 aliphatic carbocycles. The Kier molecular flexibility index (Phi) is 56.8. The third-order valence-electron chi connectivity index (χ3n) is 25.2. The van der Waals surface area contributed by atoms with Gasteiger partial charge in [-0.1, -0.05) is 98.6 Å². The maximum absolute atomic E-state index is 15.0. The number of aliphatic carboxylic acids is 3. The summed E-state index contributed by atoms with van der Waals surface area (Å²) >= 11 is 1.44. The number of rotatable bonds is 69. The predicted molar refractivity (Wildman–Crippen MR) is 543 cm³/mol. The maximum Gasteiger partial charge on any atom is 0.326 e. The van der Waals surface area contributed by atoms with Gasteiger partial charge in [-0.05, 0) is 145 Å². The van der Waals surface area contributed by atoms with Crippen LogP contribution >= 0.6 is 11.8 Å². The Morgan fingerprint density at radius 2 is 0.847 bits per heavy atom. The molecule has 150 heavy (non-hydrogen) atoms. The first-order chi connectivity index (χ1) is 71.0. The molecular formula is C94H154N28O27S. The number of aromatic nitrogens is 2. The fourth-order valence-corrected chi connectivity index (χ4v) is 16.6. The number of nitrogens with one attached hydrogen (secondary N) is 21. The van der Waals surface area contributed by atoms with E-state index in [-0.39, 0.29) is 116 Å². The van der Waals surface area contributed by atoms with Gasteiger partial charge in [-0.15, -0.1) is 0 Å². The van der Waals surface area contributed by atoms with Crippen LogP contribution in [0.4, 0.5) is 0 Å². The van der Waals surface area contributed by atoms with Crippen molar-refractivity contribution in [3.8, 4) is 0 Å². The van der Waals surface area contributed by atoms with Gasteiger partial charge in [0, 0.05) is 63.8 Å². The third kappa shape index (κ3) is 43.7. The number of aliphatic hydroxyl groups excluding tert-OH is 3. The average Bonchev–Trinajstić information content (AvgIpc) is 1.66. The second kappa shape index (κ2) is 66.4. The molecule has 1 aromatic carbocycles. The molecular weight excluding hydrogens is 1990 g/mol. The molecule has 2 saturated heterocycles. The summed E-state index contributed by atoms with van der Waals surface area (Å²) in [6, 6.07) is -19.0. The lowest BCUT2D eigenvalue weighted by atomic mass is 9.96. The van der Waals surface area contributed by atoms with Crippen LogP contribution in [0.5, 0.6) is 0 Å². The zero-order valence-corrected chi connectivity index (χ0v) is 87.1. The number of thioether (sulfide) groups is 1. The minimum atomic E-state index is -2.05. The molecule has 0 unspecified atom stereocenters. The van der Waals surface area contributed by atoms with Crippen molar-refractivity contribution in [2.45, 2.75) is 299 Å². The average molecular weight is 2140 g/mol. The molecule has 0 radical (unpaired) electrons. The lowest BCUT2D eigenvalue weighted by molar-refractivity contribution is -0.145. The Bertz CT molecular complexity index is 4870. The highest BCUT2D eigenvalue weighted by Crippen LogP contribution is 2.25. The van der Waals surface area contributed by atoms with Gasteiger partial charge < -0.3 is 164 Å². The second-order valence-electron chi connectivity index (χ2n) is 37.6. The quantitative estimate of drug-likeness (QED) is 0.0166. The normalized spacial score (nSPS) is 16.8. The highest BCUT2D eigenvalue weighted by molar-refractivity contribution is 7.98. The van der Waals surface area contributed by atoms with Crippen LogP contribution < -0.4 is 119 Å². The second-order valence-corrected chi connectivity index (χ2v) is 38.5. The van der Waals surface area contributed by atoms with Crippen molar-refractivity contribution < 1.29 is 131 Å². The Labute approximate surface area is 872 Å². The topological polar surface area (TPSA) is 883 Å². The van der Waals surface area contributed by atoms with Crippen LogP contribution in [-0.4, -0.2) is 366 Å². The first-order valence-electron chi connectivity index (χ1n) is 50.0. The summed E-state index contributed by atoms with van der Waals surface area (Å²) < 4.78 is 0. The van der Waals surface area contributed by atoms with Crippen LogP contribution in [0.3, 0.4) is 0 Å². The smallest absolute Gasteiger partial charge is 0.326 e. The van der Waals surface area contributed by atoms with Crippen molar-refractivity contribution >= 4 is 148 Å². The van der Waals surface area contributed by atoms with Crippen molar-refractivity contribution in [1.82, 2.24) is 115 Å². The fraction of sp³-hybridized carbons (Fsp3) is 0.660. The number of aromatic amines is 1. The van der Waals surface area contributed by atoms with E-state index >= 15 is 0 Å². The number of likely N-dealkylation sites (tertiary alicyclic amines) is 2. The largest absolute Gasteiger partial charge is 0.481 e. The highest BCUT2D eigenvalue weighted by atomic mass is 32.2. The Balaban J connectivity index is 1.52. The lowest BCUT2D eigenvalue weighted by Crippen LogP contribution is -2.62. The third-order valence-corrected chi connectivity index (χ3v) is 25.9. The molecule has 2 fully saturated rings. The maximum atomic E-state index is 15.0. The van der Waals surface area contributed by atoms with E-state index in [1.54, 1.807) is 78.1 Å². The molecule has 0 spiro atoms. The molecule has 56 heteroatoms. The van der Waals surface area contributed by atoms with Crippen molar-refractivity contribution in [2.75, 3.05) is 71.1 Å². The number of hydrogen-bond donors (Lipinski definition) is 31. The Morgan fingerprint density at radius 1 is 0.440 bits per heavy atom. The number of unbranched alkanes of at least 4 members (excludes halogenated alkanes) is 1. The zero-order chi connectivity index (χ0) is 112. The number of H-pyrrole nitrogens is 1. The standard InChI is InChI=1S/C94H154N28O27S/c1-11-50(7)73(89(145)116-65(46-125)84(140)111-60(24-16-17-34-95)90(146)121-37-21-28-67(121)86(142)113-62(92(148)149)40-53-22-14-13-15-23-53)119-81(137)61(41-54-42-101-47-105-54)112-88(144)72(49(5)6)118-79(135)56(25-18-35-102-93(97)98)107-68(126)43-104-85(141)66-27-20-38-122(66)91(147)74(51(8)12-2)120-80(136)57(26-19-36-103-94(99)100)108-82(138)63(44-123)114-77(133)58(29-31-69(127)128)109-83(139)64(45-124)115-78(134)59(30-32-70(129)130)110-87(143)71(48(3)4)117-75(131)52(9)106-76(132)55(96)33-39-150-10/h13-15,22-23,42,47-52,55-67,71-74,123-125H,11-12,16-21,24-41,43-46,95-96H2,1-10H3,(H,101,105)(H,104,141)(H,106,132)(H,107,126)(H,108,138)(H,109,139)(H,110,143)(H,111,140)(H,112,144)(H,113,142)(H,114,133)(H,115,134)(H,116,145)(H,117,131)(H,118,135)(H,119,137)(H,120,136)(H,127,128)(H,129,130)(H,148,149)(H4,97,98,102)(H4,99,100,103)/t50-,51-,52-,55-,56-,57-,58-,59-,60-,61-,62-,63-,64-,65-,66-,67-,71-,72-,73-,74-/m0/s1. The molecule has 1 aromatic heterocycles. The van der Waals surface area contributed by atoms with Gasteiger partial charge >= 0.3 is 17.9 Å². The van der Waals surface area contributed by atoms with Crippen molar-refractivity contribution in [2.24, 2.45) is 46.6 Å². The van der Waals surface area contributed by atoms with Gasteiger partial charge in [0.2, 0.25) is 106 Å². The SMILES string of the molecule is CC[C@H](C)[C@H](NC(=O)[C@H](Cc1cnc[nH]1)NC(=O)[C@@H](NC(=O)[C@H](CCCNC(=N)N)NC(=O)CNC(=O)[C@@H]1CCCN1C(=O)[C@@H](NC(=O)[C@H](CCCNC(=N)N)NC(=O)[C@H](CO)NC(=O)[C@H](CCC(=O)O)NC(=O)[C@H](CO)NC(=O)[C@H](CCC(=O)O)NC(=O)[C@@H](NC(=O)[C@H](C)NC(=O)[C@@H](N)CCSC)C(C)C)[C@@H](C)CC)C(C)C)C(=O)N[C@@H](CO)C(=O)N[C@@H](CCCCN)C(=O)N1CCC[C@H]1C(=O)N[C@@H](Cc1ccccc1)C(=O)O. The summed E-state index contributed by atoms with van der Waals surface area (Å²) in [5, 5.41) is 121. The van der Waals surface area contributed by atoms with Gasteiger partial charge in [0.1, 0.15) is 103 Å². The van der Waals surface area contributed by atoms with E-state index in [0.717, 1.165) is 4.90 Å². The first-order valence-corrected chi connectivity index (χ1v) is 51.4. The van der Waals surface area contributed by atoms with E-state index < -0.39 is 321 Å². The van der Waals surface area contributed by atoms with Crippen molar-refractivity contribution in [3.05, 3.63) is 54.1 Å². The van der Waals surface area contributed by atoms with Gasteiger partial charge in [0.25, 0.3) is 0 Å². The number of hydrogen-bond acceptors (Lipinski definition) is 30. The number of carbonyl (C=O) groups excluding carboxylic acids is 18. The molecule has 55 nitrogen and oxygen atoms in total. The molecule has 35 N–H and O–H groups in total. The summed E-state index contributed by atoms with van der Waals surface area (Å²) in [4.78, 5) is 301. The van der Waals surface area contributed by atoms with Gasteiger partial charge in [0.15, 0.2) is 11.9 Å². The fourth-order valence-electron chi connectivity index (χ4n) is 16.1. The number of nitrogens with zero attached hydrogens (tertiary/aromatic N) is 3.